The average molecular weight is 128 g/mol. The first kappa shape index (κ1) is 7.68. The highest BCUT2D eigenvalue weighted by Crippen LogP contribution is 1.77. The summed E-state index contributed by atoms with van der Waals surface area (Å²) in [6.45, 7) is 4.53. The van der Waals surface area contributed by atoms with E-state index >= 15 is 0 Å². The molecule has 4 heteroatoms. The number of amidine groups is 1. The van der Waals surface area contributed by atoms with Gasteiger partial charge in [0.05, 0.1) is 0 Å². The summed E-state index contributed by atoms with van der Waals surface area (Å²) in [7, 11) is 0. The van der Waals surface area contributed by atoms with Gasteiger partial charge in [0.15, 0.2) is 5.84 Å². The average Bonchev–Trinajstić information content (AvgIpc) is 1.83. The van der Waals surface area contributed by atoms with E-state index in [1.165, 1.54) is 13.0 Å². The smallest absolute Gasteiger partial charge is 0.332 e. The molecule has 0 rings (SSSR count). The van der Waals surface area contributed by atoms with Crippen LogP contribution >= 0.6 is 0 Å². The van der Waals surface area contributed by atoms with Crippen LogP contribution in [0, 0.1) is 0 Å². The fourth-order valence-electron chi connectivity index (χ4n) is 0.154. The lowest BCUT2D eigenvalue weighted by atomic mass is 10.6. The Morgan fingerprint density at radius 2 is 2.44 bits per heavy atom. The van der Waals surface area contributed by atoms with Gasteiger partial charge in [-0.15, -0.1) is 0 Å². The molecule has 0 aliphatic heterocycles. The van der Waals surface area contributed by atoms with Crippen LogP contribution in [0.5, 0.6) is 0 Å². The van der Waals surface area contributed by atoms with E-state index < -0.39 is 5.97 Å². The maximum atomic E-state index is 10.0. The van der Waals surface area contributed by atoms with Crippen LogP contribution in [-0.2, 0) is 9.63 Å². The van der Waals surface area contributed by atoms with Crippen molar-refractivity contribution in [1.29, 1.82) is 0 Å². The Balaban J connectivity index is 3.69. The molecule has 0 aromatic heterocycles. The molecule has 50 valence electrons. The number of oxime groups is 1. The second kappa shape index (κ2) is 3.65. The van der Waals surface area contributed by atoms with Crippen LogP contribution in [0.4, 0.5) is 0 Å². The van der Waals surface area contributed by atoms with Crippen molar-refractivity contribution in [1.82, 2.24) is 0 Å². The molecular formula is C5H8N2O2. The second-order valence-corrected chi connectivity index (χ2v) is 1.30. The highest BCUT2D eigenvalue weighted by Gasteiger charge is 1.87. The standard InChI is InChI=1S/C5H8N2O2/c1-3-5(6)7-9-4(2)8/h3H,1H2,2H3,(H2,6,7). The van der Waals surface area contributed by atoms with E-state index in [4.69, 9.17) is 5.73 Å². The molecule has 9 heavy (non-hydrogen) atoms. The molecule has 0 spiro atoms. The number of nitrogens with zero attached hydrogens (tertiary/aromatic N) is 1. The monoisotopic (exact) mass is 128 g/mol. The number of carbonyl (C=O) groups excluding carboxylic acids is 1. The first-order valence-electron chi connectivity index (χ1n) is 2.30. The molecule has 0 heterocycles. The number of hydrogen-bond acceptors (Lipinski definition) is 3. The quantitative estimate of drug-likeness (QED) is 0.246. The van der Waals surface area contributed by atoms with Gasteiger partial charge in [-0.05, 0) is 6.08 Å². The third kappa shape index (κ3) is 4.53. The molecule has 0 aliphatic rings. The van der Waals surface area contributed by atoms with Gasteiger partial charge in [0, 0.05) is 6.92 Å². The van der Waals surface area contributed by atoms with Gasteiger partial charge in [-0.25, -0.2) is 4.79 Å². The van der Waals surface area contributed by atoms with E-state index in [0.717, 1.165) is 0 Å². The van der Waals surface area contributed by atoms with Crippen molar-refractivity contribution in [3.63, 3.8) is 0 Å². The molecule has 0 amide bonds. The fraction of sp³-hybridized carbons (Fsp3) is 0.200. The lowest BCUT2D eigenvalue weighted by Gasteiger charge is -1.89. The molecular weight excluding hydrogens is 120 g/mol. The zero-order chi connectivity index (χ0) is 7.28. The Bertz CT molecular complexity index is 151. The van der Waals surface area contributed by atoms with Gasteiger partial charge in [-0.3, -0.25) is 0 Å². The van der Waals surface area contributed by atoms with E-state index in [-0.39, 0.29) is 5.84 Å². The lowest BCUT2D eigenvalue weighted by molar-refractivity contribution is -0.140. The Kier molecular flexibility index (Phi) is 3.12. The van der Waals surface area contributed by atoms with Crippen LogP contribution in [0.1, 0.15) is 6.92 Å². The van der Waals surface area contributed by atoms with E-state index in [1.54, 1.807) is 0 Å². The van der Waals surface area contributed by atoms with Gasteiger partial charge in [0.2, 0.25) is 0 Å². The minimum absolute atomic E-state index is 0.0881. The molecule has 0 saturated carbocycles. The highest BCUT2D eigenvalue weighted by atomic mass is 16.7. The number of carbonyl (C=O) groups is 1. The number of rotatable bonds is 2. The van der Waals surface area contributed by atoms with E-state index in [1.807, 2.05) is 0 Å². The second-order valence-electron chi connectivity index (χ2n) is 1.30. The van der Waals surface area contributed by atoms with Gasteiger partial charge >= 0.3 is 5.97 Å². The Morgan fingerprint density at radius 1 is 1.89 bits per heavy atom. The molecule has 0 saturated heterocycles. The van der Waals surface area contributed by atoms with Crippen molar-refractivity contribution < 1.29 is 9.63 Å². The molecule has 0 aromatic carbocycles. The molecule has 0 aliphatic carbocycles. The van der Waals surface area contributed by atoms with Crippen LogP contribution in [-0.4, -0.2) is 11.8 Å². The van der Waals surface area contributed by atoms with Gasteiger partial charge < -0.3 is 10.6 Å². The minimum atomic E-state index is -0.500. The van der Waals surface area contributed by atoms with Crippen molar-refractivity contribution in [2.75, 3.05) is 0 Å². The van der Waals surface area contributed by atoms with Crippen molar-refractivity contribution in [2.45, 2.75) is 6.92 Å². The Morgan fingerprint density at radius 3 is 2.78 bits per heavy atom. The van der Waals surface area contributed by atoms with Gasteiger partial charge in [0.1, 0.15) is 0 Å². The molecule has 0 radical (unpaired) electrons. The largest absolute Gasteiger partial charge is 0.381 e. The number of nitrogens with two attached hydrogens (primary N) is 1. The minimum Gasteiger partial charge on any atom is -0.381 e. The lowest BCUT2D eigenvalue weighted by Crippen LogP contribution is -2.08. The van der Waals surface area contributed by atoms with Crippen LogP contribution in [0.25, 0.3) is 0 Å². The SMILES string of the molecule is C=C/C(N)=N/OC(C)=O. The summed E-state index contributed by atoms with van der Waals surface area (Å²) in [5.74, 6) is -0.412. The molecule has 0 aromatic rings. The predicted octanol–water partition coefficient (Wildman–Crippen LogP) is 0.00770. The highest BCUT2D eigenvalue weighted by molar-refractivity contribution is 5.90. The zero-order valence-corrected chi connectivity index (χ0v) is 5.13. The molecule has 4 nitrogen and oxygen atoms in total. The van der Waals surface area contributed by atoms with Crippen LogP contribution in [0.15, 0.2) is 17.8 Å². The van der Waals surface area contributed by atoms with Crippen LogP contribution < -0.4 is 5.73 Å². The molecule has 0 atom stereocenters. The van der Waals surface area contributed by atoms with Gasteiger partial charge in [-0.1, -0.05) is 11.7 Å². The summed E-state index contributed by atoms with van der Waals surface area (Å²) in [6, 6.07) is 0. The summed E-state index contributed by atoms with van der Waals surface area (Å²) in [5.41, 5.74) is 5.08. The molecule has 0 fully saturated rings. The van der Waals surface area contributed by atoms with E-state index in [2.05, 4.69) is 16.6 Å². The zero-order valence-electron chi connectivity index (χ0n) is 5.13. The summed E-state index contributed by atoms with van der Waals surface area (Å²) < 4.78 is 0. The number of hydrogen-bond donors (Lipinski definition) is 1. The van der Waals surface area contributed by atoms with Crippen molar-refractivity contribution in [3.05, 3.63) is 12.7 Å². The molecule has 0 unspecified atom stereocenters. The molecule has 2 N–H and O–H groups in total. The predicted molar refractivity (Wildman–Crippen MR) is 33.6 cm³/mol. The first-order valence-corrected chi connectivity index (χ1v) is 2.30. The van der Waals surface area contributed by atoms with Crippen LogP contribution in [0.2, 0.25) is 0 Å². The van der Waals surface area contributed by atoms with E-state index in [9.17, 15) is 4.79 Å². The normalized spacial score (nSPS) is 10.6. The maximum absolute atomic E-state index is 10.0. The third-order valence-corrected chi connectivity index (χ3v) is 0.489. The summed E-state index contributed by atoms with van der Waals surface area (Å²) in [6.07, 6.45) is 1.28. The van der Waals surface area contributed by atoms with Crippen molar-refractivity contribution in [3.8, 4) is 0 Å². The van der Waals surface area contributed by atoms with Crippen LogP contribution in [0.3, 0.4) is 0 Å². The summed E-state index contributed by atoms with van der Waals surface area (Å²) >= 11 is 0. The fourth-order valence-corrected chi connectivity index (χ4v) is 0.154. The van der Waals surface area contributed by atoms with Gasteiger partial charge in [-0.2, -0.15) is 0 Å². The first-order chi connectivity index (χ1) is 4.16. The Hall–Kier alpha value is -1.32. The topological polar surface area (TPSA) is 64.7 Å². The maximum Gasteiger partial charge on any atom is 0.332 e. The molecule has 0 bridgehead atoms. The Labute approximate surface area is 53.0 Å². The van der Waals surface area contributed by atoms with Gasteiger partial charge in [0.25, 0.3) is 0 Å². The van der Waals surface area contributed by atoms with Crippen molar-refractivity contribution >= 4 is 11.8 Å². The summed E-state index contributed by atoms with van der Waals surface area (Å²) in [4.78, 5) is 14.2. The third-order valence-electron chi connectivity index (χ3n) is 0.489. The van der Waals surface area contributed by atoms with Crippen molar-refractivity contribution in [2.24, 2.45) is 10.9 Å². The summed E-state index contributed by atoms with van der Waals surface area (Å²) in [5, 5.41) is 3.17. The van der Waals surface area contributed by atoms with E-state index in [0.29, 0.717) is 0 Å².